The Kier molecular flexibility index (Phi) is 6.61. The van der Waals surface area contributed by atoms with Crippen molar-refractivity contribution in [2.24, 2.45) is 0 Å². The molecular formula is C16H24FN3O2. The third-order valence-electron chi connectivity index (χ3n) is 3.60. The second-order valence-corrected chi connectivity index (χ2v) is 5.59. The van der Waals surface area contributed by atoms with Crippen molar-refractivity contribution in [3.05, 3.63) is 35.6 Å². The van der Waals surface area contributed by atoms with Crippen LogP contribution in [-0.2, 0) is 11.2 Å². The van der Waals surface area contributed by atoms with Crippen LogP contribution in [0, 0.1) is 5.82 Å². The molecule has 1 saturated heterocycles. The number of urea groups is 1. The van der Waals surface area contributed by atoms with Crippen molar-refractivity contribution >= 4 is 6.03 Å². The molecule has 1 aliphatic heterocycles. The number of benzene rings is 1. The van der Waals surface area contributed by atoms with E-state index in [4.69, 9.17) is 4.74 Å². The van der Waals surface area contributed by atoms with Crippen LogP contribution in [-0.4, -0.2) is 56.4 Å². The summed E-state index contributed by atoms with van der Waals surface area (Å²) in [6.45, 7) is 6.63. The highest BCUT2D eigenvalue weighted by Crippen LogP contribution is 2.03. The Labute approximate surface area is 130 Å². The summed E-state index contributed by atoms with van der Waals surface area (Å²) in [6.07, 6.45) is 0.614. The summed E-state index contributed by atoms with van der Waals surface area (Å²) in [6, 6.07) is 6.32. The maximum atomic E-state index is 13.0. The van der Waals surface area contributed by atoms with Gasteiger partial charge in [0.15, 0.2) is 0 Å². The van der Waals surface area contributed by atoms with Gasteiger partial charge in [-0.2, -0.15) is 0 Å². The van der Waals surface area contributed by atoms with Gasteiger partial charge in [-0.05, 0) is 31.0 Å². The molecule has 0 saturated carbocycles. The van der Waals surface area contributed by atoms with Crippen LogP contribution >= 0.6 is 0 Å². The number of carbonyl (C=O) groups excluding carboxylic acids is 1. The number of ether oxygens (including phenoxy) is 1. The van der Waals surface area contributed by atoms with Crippen molar-refractivity contribution < 1.29 is 13.9 Å². The molecule has 5 nitrogen and oxygen atoms in total. The molecule has 1 heterocycles. The van der Waals surface area contributed by atoms with Crippen LogP contribution in [0.5, 0.6) is 0 Å². The largest absolute Gasteiger partial charge is 0.379 e. The van der Waals surface area contributed by atoms with Crippen LogP contribution in [0.2, 0.25) is 0 Å². The zero-order valence-electron chi connectivity index (χ0n) is 13.0. The van der Waals surface area contributed by atoms with E-state index < -0.39 is 0 Å². The van der Waals surface area contributed by atoms with Crippen LogP contribution in [0.25, 0.3) is 0 Å². The lowest BCUT2D eigenvalue weighted by Gasteiger charge is -2.29. The first kappa shape index (κ1) is 16.7. The fourth-order valence-corrected chi connectivity index (χ4v) is 2.50. The maximum Gasteiger partial charge on any atom is 0.315 e. The number of rotatable bonds is 6. The summed E-state index contributed by atoms with van der Waals surface area (Å²) >= 11 is 0. The van der Waals surface area contributed by atoms with Crippen molar-refractivity contribution in [2.45, 2.75) is 19.4 Å². The summed E-state index contributed by atoms with van der Waals surface area (Å²) in [5, 5.41) is 5.72. The Morgan fingerprint density at radius 1 is 1.41 bits per heavy atom. The molecular weight excluding hydrogens is 285 g/mol. The predicted octanol–water partition coefficient (Wildman–Crippen LogP) is 1.39. The number of halogens is 1. The lowest BCUT2D eigenvalue weighted by atomic mass is 10.1. The minimum atomic E-state index is -0.249. The number of carbonyl (C=O) groups is 1. The highest BCUT2D eigenvalue weighted by atomic mass is 19.1. The highest BCUT2D eigenvalue weighted by Gasteiger charge is 2.14. The molecule has 0 bridgehead atoms. The lowest BCUT2D eigenvalue weighted by molar-refractivity contribution is 0.0349. The third kappa shape index (κ3) is 5.99. The molecule has 2 rings (SSSR count). The van der Waals surface area contributed by atoms with Gasteiger partial charge in [0.25, 0.3) is 0 Å². The first-order valence-corrected chi connectivity index (χ1v) is 7.72. The van der Waals surface area contributed by atoms with Gasteiger partial charge in [0.1, 0.15) is 5.82 Å². The summed E-state index contributed by atoms with van der Waals surface area (Å²) in [4.78, 5) is 14.1. The predicted molar refractivity (Wildman–Crippen MR) is 83.4 cm³/mol. The van der Waals surface area contributed by atoms with Crippen LogP contribution in [0.15, 0.2) is 24.3 Å². The van der Waals surface area contributed by atoms with Gasteiger partial charge in [-0.15, -0.1) is 0 Å². The average molecular weight is 309 g/mol. The molecule has 1 unspecified atom stereocenters. The van der Waals surface area contributed by atoms with E-state index in [9.17, 15) is 9.18 Å². The van der Waals surface area contributed by atoms with E-state index in [2.05, 4.69) is 15.5 Å². The number of morpholine rings is 1. The normalized spacial score (nSPS) is 17.0. The van der Waals surface area contributed by atoms with Gasteiger partial charge in [-0.3, -0.25) is 4.90 Å². The van der Waals surface area contributed by atoms with Crippen molar-refractivity contribution in [1.29, 1.82) is 0 Å². The molecule has 1 aliphatic rings. The molecule has 122 valence electrons. The highest BCUT2D eigenvalue weighted by molar-refractivity contribution is 5.74. The Hall–Kier alpha value is -1.66. The van der Waals surface area contributed by atoms with E-state index in [1.54, 1.807) is 6.07 Å². The molecule has 2 amide bonds. The van der Waals surface area contributed by atoms with Gasteiger partial charge < -0.3 is 15.4 Å². The Morgan fingerprint density at radius 3 is 2.91 bits per heavy atom. The minimum absolute atomic E-state index is 0.0762. The summed E-state index contributed by atoms with van der Waals surface area (Å²) in [5.41, 5.74) is 0.877. The second kappa shape index (κ2) is 8.70. The minimum Gasteiger partial charge on any atom is -0.379 e. The first-order valence-electron chi connectivity index (χ1n) is 7.72. The van der Waals surface area contributed by atoms with Gasteiger partial charge >= 0.3 is 6.03 Å². The number of hydrogen-bond donors (Lipinski definition) is 2. The van der Waals surface area contributed by atoms with E-state index >= 15 is 0 Å². The van der Waals surface area contributed by atoms with E-state index in [-0.39, 0.29) is 17.9 Å². The number of nitrogens with zero attached hydrogens (tertiary/aromatic N) is 1. The summed E-state index contributed by atoms with van der Waals surface area (Å²) < 4.78 is 18.3. The van der Waals surface area contributed by atoms with Crippen molar-refractivity contribution in [1.82, 2.24) is 15.5 Å². The maximum absolute atomic E-state index is 13.0. The van der Waals surface area contributed by atoms with Crippen LogP contribution in [0.4, 0.5) is 9.18 Å². The van der Waals surface area contributed by atoms with Crippen molar-refractivity contribution in [3.63, 3.8) is 0 Å². The molecule has 0 aromatic heterocycles. The molecule has 0 radical (unpaired) electrons. The summed E-state index contributed by atoms with van der Waals surface area (Å²) in [7, 11) is 0. The van der Waals surface area contributed by atoms with E-state index in [0.29, 0.717) is 13.0 Å². The lowest BCUT2D eigenvalue weighted by Crippen LogP contribution is -2.48. The van der Waals surface area contributed by atoms with Crippen LogP contribution in [0.3, 0.4) is 0 Å². The standard InChI is InChI=1S/C16H24FN3O2/c1-13(12-20-7-9-22-10-8-20)19-16(21)18-6-5-14-3-2-4-15(17)11-14/h2-4,11,13H,5-10,12H2,1H3,(H2,18,19,21). The van der Waals surface area contributed by atoms with E-state index in [0.717, 1.165) is 38.4 Å². The molecule has 1 fully saturated rings. The fraction of sp³-hybridized carbons (Fsp3) is 0.562. The zero-order valence-corrected chi connectivity index (χ0v) is 13.0. The monoisotopic (exact) mass is 309 g/mol. The van der Waals surface area contributed by atoms with Crippen molar-refractivity contribution in [2.75, 3.05) is 39.4 Å². The molecule has 1 aromatic rings. The smallest absolute Gasteiger partial charge is 0.315 e. The molecule has 0 aliphatic carbocycles. The third-order valence-corrected chi connectivity index (χ3v) is 3.60. The molecule has 0 spiro atoms. The molecule has 22 heavy (non-hydrogen) atoms. The topological polar surface area (TPSA) is 53.6 Å². The van der Waals surface area contributed by atoms with E-state index in [1.807, 2.05) is 13.0 Å². The fourth-order valence-electron chi connectivity index (χ4n) is 2.50. The van der Waals surface area contributed by atoms with Gasteiger partial charge in [0, 0.05) is 32.2 Å². The first-order chi connectivity index (χ1) is 10.6. The van der Waals surface area contributed by atoms with Gasteiger partial charge in [-0.25, -0.2) is 9.18 Å². The van der Waals surface area contributed by atoms with Crippen molar-refractivity contribution in [3.8, 4) is 0 Å². The van der Waals surface area contributed by atoms with Gasteiger partial charge in [-0.1, -0.05) is 12.1 Å². The SMILES string of the molecule is CC(CN1CCOCC1)NC(=O)NCCc1cccc(F)c1. The number of nitrogens with one attached hydrogen (secondary N) is 2. The zero-order chi connectivity index (χ0) is 15.8. The number of hydrogen-bond acceptors (Lipinski definition) is 3. The quantitative estimate of drug-likeness (QED) is 0.835. The van der Waals surface area contributed by atoms with E-state index in [1.165, 1.54) is 12.1 Å². The summed E-state index contributed by atoms with van der Waals surface area (Å²) in [5.74, 6) is -0.249. The van der Waals surface area contributed by atoms with Gasteiger partial charge in [0.2, 0.25) is 0 Å². The Morgan fingerprint density at radius 2 is 2.18 bits per heavy atom. The van der Waals surface area contributed by atoms with Crippen LogP contribution < -0.4 is 10.6 Å². The molecule has 1 aromatic carbocycles. The number of amides is 2. The average Bonchev–Trinajstić information content (AvgIpc) is 2.48. The Bertz CT molecular complexity index is 478. The molecule has 2 N–H and O–H groups in total. The molecule has 1 atom stereocenters. The second-order valence-electron chi connectivity index (χ2n) is 5.59. The Balaban J connectivity index is 1.62. The van der Waals surface area contributed by atoms with Gasteiger partial charge in [0.05, 0.1) is 13.2 Å². The molecule has 6 heteroatoms. The van der Waals surface area contributed by atoms with Crippen LogP contribution in [0.1, 0.15) is 12.5 Å².